The van der Waals surface area contributed by atoms with E-state index in [-0.39, 0.29) is 55.4 Å². The fraction of sp³-hybridized carbons (Fsp3) is 0.744. The Bertz CT molecular complexity index is 1720. The molecular weight excluding hydrogens is 816 g/mol. The second-order valence-corrected chi connectivity index (χ2v) is 16.8. The maximum atomic E-state index is 13.3. The zero-order chi connectivity index (χ0) is 45.9. The van der Waals surface area contributed by atoms with E-state index in [0.29, 0.717) is 32.3 Å². The average molecular weight is 881 g/mol. The lowest BCUT2D eigenvalue weighted by molar-refractivity contribution is -0.143. The summed E-state index contributed by atoms with van der Waals surface area (Å²) >= 11 is 0. The molecule has 6 amide bonds. The maximum Gasteiger partial charge on any atom is 0.407 e. The van der Waals surface area contributed by atoms with E-state index < -0.39 is 110 Å². The van der Waals surface area contributed by atoms with E-state index in [0.717, 1.165) is 11.3 Å². The number of hydrogen-bond donors (Lipinski definition) is 11. The van der Waals surface area contributed by atoms with Gasteiger partial charge >= 0.3 is 12.1 Å². The van der Waals surface area contributed by atoms with Crippen molar-refractivity contribution in [2.24, 2.45) is 34.0 Å². The molecule has 3 aliphatic heterocycles. The van der Waals surface area contributed by atoms with Gasteiger partial charge in [0.05, 0.1) is 49.5 Å². The third-order valence-corrected chi connectivity index (χ3v) is 11.9. The predicted molar refractivity (Wildman–Crippen MR) is 219 cm³/mol. The summed E-state index contributed by atoms with van der Waals surface area (Å²) in [6, 6.07) is -5.37. The molecule has 23 heteroatoms. The molecule has 4 rings (SSSR count). The summed E-state index contributed by atoms with van der Waals surface area (Å²) < 4.78 is 18.0. The second kappa shape index (κ2) is 21.8. The number of carboxylic acid groups (broad SMARTS) is 1. The van der Waals surface area contributed by atoms with Crippen LogP contribution in [0.2, 0.25) is 0 Å². The van der Waals surface area contributed by atoms with Crippen molar-refractivity contribution in [1.29, 1.82) is 0 Å². The van der Waals surface area contributed by atoms with Crippen molar-refractivity contribution >= 4 is 47.6 Å². The number of amides is 6. The molecule has 0 bridgehead atoms. The number of nitrogens with zero attached hydrogens (tertiary/aromatic N) is 2. The zero-order valence-corrected chi connectivity index (χ0v) is 35.7. The van der Waals surface area contributed by atoms with E-state index >= 15 is 0 Å². The number of aliphatic carboxylic acids is 1. The number of carboxylic acids is 1. The Kier molecular flexibility index (Phi) is 17.4. The molecule has 1 aliphatic carbocycles. The summed E-state index contributed by atoms with van der Waals surface area (Å²) in [4.78, 5) is 93.9. The topological polar surface area (TPSA) is 368 Å². The highest BCUT2D eigenvalue weighted by Gasteiger charge is 2.71. The minimum atomic E-state index is -1.73. The lowest BCUT2D eigenvalue weighted by atomic mass is 9.64. The molecule has 0 radical (unpaired) electrons. The van der Waals surface area contributed by atoms with Crippen LogP contribution in [0.1, 0.15) is 79.1 Å². The van der Waals surface area contributed by atoms with Crippen LogP contribution in [0.5, 0.6) is 0 Å². The molecule has 3 heterocycles. The minimum absolute atomic E-state index is 0.0107. The highest BCUT2D eigenvalue weighted by Crippen LogP contribution is 2.60. The summed E-state index contributed by atoms with van der Waals surface area (Å²) in [6.45, 7) is 7.00. The number of nitrogens with two attached hydrogens (primary N) is 3. The summed E-state index contributed by atoms with van der Waals surface area (Å²) in [5, 5.41) is 42.0. The number of aliphatic imine (C=N–C) groups is 1. The number of carbonyl (C=O) groups excluding carboxylic acids is 6. The number of primary amides is 1. The largest absolute Gasteiger partial charge is 0.481 e. The Hall–Kier alpha value is -5.10. The molecule has 0 aromatic heterocycles. The van der Waals surface area contributed by atoms with E-state index in [2.05, 4.69) is 44.6 Å². The Morgan fingerprint density at radius 1 is 1.02 bits per heavy atom. The number of epoxide rings is 2. The first kappa shape index (κ1) is 49.6. The Morgan fingerprint density at radius 3 is 2.34 bits per heavy atom. The van der Waals surface area contributed by atoms with Crippen molar-refractivity contribution in [3.63, 3.8) is 0 Å². The highest BCUT2D eigenvalue weighted by molar-refractivity contribution is 5.94. The summed E-state index contributed by atoms with van der Waals surface area (Å²) in [7, 11) is 0. The maximum absolute atomic E-state index is 13.3. The Labute approximate surface area is 359 Å². The molecule has 4 fully saturated rings. The van der Waals surface area contributed by atoms with Gasteiger partial charge in [0.2, 0.25) is 29.5 Å². The highest BCUT2D eigenvalue weighted by atomic mass is 16.6. The van der Waals surface area contributed by atoms with Crippen LogP contribution in [0.25, 0.3) is 0 Å². The number of likely N-dealkylation sites (tertiary alicyclic amines) is 1. The molecule has 348 valence electrons. The predicted octanol–water partition coefficient (Wildman–Crippen LogP) is -3.23. The fourth-order valence-corrected chi connectivity index (χ4v) is 8.64. The molecular formula is C39H64N10O13. The number of allylic oxidation sites excluding steroid dienone is 1. The van der Waals surface area contributed by atoms with Gasteiger partial charge in [0, 0.05) is 24.9 Å². The molecule has 23 nitrogen and oxygen atoms in total. The number of alkyl carbamates (subject to hydrolysis) is 1. The van der Waals surface area contributed by atoms with E-state index in [1.807, 2.05) is 20.8 Å². The fourth-order valence-electron chi connectivity index (χ4n) is 8.64. The number of carbonyl (C=O) groups is 7. The number of hydrogen-bond acceptors (Lipinski definition) is 14. The normalized spacial score (nSPS) is 28.0. The molecule has 1 saturated carbocycles. The Balaban J connectivity index is 1.30. The monoisotopic (exact) mass is 880 g/mol. The standard InChI is InChI=1S/C39H64N10O13/c1-20(2)9-10-27-38(4,62-27)31-21(3)26(11-12-39(31)19-60-39)61-37(59)45-17-29(52)46-22(7-5-13-43-36(41)42)33(56)44-16-28(51)47-23(15-30(53)54)34(57)48-24(18-50)35(58)49-14-6-8-25(49)32(40)55/h9,21-28,31,47,50-51H,5-8,10-19H2,1-4H3,(H2,40,55)(H,44,56)(H,45,59)(H,46,52)(H,48,57)(H,53,54)(H4,41,42,43)/t21-,22+,23+,24+,25?,26-,27-,28-,31-,38+,39+/m1/s1. The van der Waals surface area contributed by atoms with Crippen LogP contribution in [0.4, 0.5) is 4.79 Å². The van der Waals surface area contributed by atoms with E-state index in [4.69, 9.17) is 31.4 Å². The van der Waals surface area contributed by atoms with Gasteiger partial charge in [-0.25, -0.2) is 4.79 Å². The van der Waals surface area contributed by atoms with Crippen molar-refractivity contribution in [1.82, 2.24) is 31.5 Å². The molecule has 14 N–H and O–H groups in total. The summed E-state index contributed by atoms with van der Waals surface area (Å²) in [5.74, 6) is -5.94. The van der Waals surface area contributed by atoms with Crippen LogP contribution in [0.3, 0.4) is 0 Å². The molecule has 4 aliphatic rings. The number of aliphatic hydroxyl groups excluding tert-OH is 2. The lowest BCUT2D eigenvalue weighted by Gasteiger charge is -2.42. The third-order valence-electron chi connectivity index (χ3n) is 11.9. The quantitative estimate of drug-likeness (QED) is 0.0120. The zero-order valence-electron chi connectivity index (χ0n) is 35.7. The SMILES string of the molecule is CC(C)=CC[C@H]1O[C@]1(C)[C@H]1[C@H](C)[C@H](OC(=O)NCC(=O)N[C@@H](CCCN=C(N)N)C(=O)NC[C@@H](O)N[C@@H](CC(=O)O)C(=O)N[C@@H](CO)C(=O)N2CCCC2C(N)=O)CC[C@]12CO2. The van der Waals surface area contributed by atoms with Gasteiger partial charge in [-0.2, -0.15) is 0 Å². The van der Waals surface area contributed by atoms with Crippen LogP contribution in [-0.4, -0.2) is 161 Å². The molecule has 0 aromatic carbocycles. The van der Waals surface area contributed by atoms with Crippen LogP contribution in [0, 0.1) is 11.8 Å². The van der Waals surface area contributed by atoms with Gasteiger partial charge in [0.1, 0.15) is 37.0 Å². The molecule has 0 aromatic rings. The van der Waals surface area contributed by atoms with Crippen LogP contribution in [0.15, 0.2) is 16.6 Å². The molecule has 62 heavy (non-hydrogen) atoms. The van der Waals surface area contributed by atoms with E-state index in [1.165, 1.54) is 5.57 Å². The first-order valence-electron chi connectivity index (χ1n) is 20.9. The van der Waals surface area contributed by atoms with Gasteiger partial charge in [-0.1, -0.05) is 18.6 Å². The van der Waals surface area contributed by atoms with Crippen molar-refractivity contribution in [2.45, 2.75) is 133 Å². The van der Waals surface area contributed by atoms with Gasteiger partial charge < -0.3 is 72.9 Å². The summed E-state index contributed by atoms with van der Waals surface area (Å²) in [5.41, 5.74) is 16.6. The van der Waals surface area contributed by atoms with Crippen LogP contribution < -0.4 is 43.8 Å². The van der Waals surface area contributed by atoms with Gasteiger partial charge in [0.25, 0.3) is 0 Å². The van der Waals surface area contributed by atoms with E-state index in [1.54, 1.807) is 0 Å². The molecule has 1 unspecified atom stereocenters. The first-order valence-corrected chi connectivity index (χ1v) is 20.9. The number of aliphatic hydroxyl groups is 2. The van der Waals surface area contributed by atoms with Crippen LogP contribution in [-0.2, 0) is 43.0 Å². The van der Waals surface area contributed by atoms with Crippen LogP contribution >= 0.6 is 0 Å². The second-order valence-electron chi connectivity index (χ2n) is 16.8. The molecule has 3 saturated heterocycles. The third kappa shape index (κ3) is 13.4. The summed E-state index contributed by atoms with van der Waals surface area (Å²) in [6.07, 6.45) is 1.28. The smallest absolute Gasteiger partial charge is 0.407 e. The van der Waals surface area contributed by atoms with Crippen molar-refractivity contribution < 1.29 is 63.1 Å². The number of ether oxygens (including phenoxy) is 3. The lowest BCUT2D eigenvalue weighted by Crippen LogP contribution is -2.59. The first-order chi connectivity index (χ1) is 29.2. The van der Waals surface area contributed by atoms with E-state index in [9.17, 15) is 48.9 Å². The molecule has 11 atom stereocenters. The minimum Gasteiger partial charge on any atom is -0.481 e. The van der Waals surface area contributed by atoms with Gasteiger partial charge in [-0.3, -0.25) is 39.1 Å². The van der Waals surface area contributed by atoms with Gasteiger partial charge in [0.15, 0.2) is 5.96 Å². The van der Waals surface area contributed by atoms with Crippen molar-refractivity contribution in [3.05, 3.63) is 11.6 Å². The van der Waals surface area contributed by atoms with Crippen molar-refractivity contribution in [2.75, 3.05) is 39.4 Å². The van der Waals surface area contributed by atoms with Gasteiger partial charge in [-0.05, 0) is 65.7 Å². The average Bonchev–Trinajstić information content (AvgIpc) is 4.05. The van der Waals surface area contributed by atoms with Crippen molar-refractivity contribution in [3.8, 4) is 0 Å². The number of nitrogens with one attached hydrogen (secondary N) is 5. The number of guanidine groups is 1. The number of rotatable bonds is 23. The Morgan fingerprint density at radius 2 is 1.73 bits per heavy atom. The molecule has 1 spiro atoms. The van der Waals surface area contributed by atoms with Gasteiger partial charge in [-0.15, -0.1) is 0 Å².